The number of ether oxygens (including phenoxy) is 1. The molecule has 0 saturated carbocycles. The Hall–Kier alpha value is -0.905. The minimum absolute atomic E-state index is 0.316. The van der Waals surface area contributed by atoms with Crippen molar-refractivity contribution in [1.82, 2.24) is 4.98 Å². The highest BCUT2D eigenvalue weighted by Gasteiger charge is 2.51. The van der Waals surface area contributed by atoms with Crippen molar-refractivity contribution in [3.05, 3.63) is 23.5 Å². The van der Waals surface area contributed by atoms with Gasteiger partial charge in [0.25, 0.3) is 0 Å². The van der Waals surface area contributed by atoms with Gasteiger partial charge in [-0.05, 0) is 58.1 Å². The van der Waals surface area contributed by atoms with Crippen LogP contribution < -0.4 is 5.46 Å². The van der Waals surface area contributed by atoms with E-state index in [0.717, 1.165) is 42.9 Å². The first-order valence-corrected chi connectivity index (χ1v) is 8.26. The Labute approximate surface area is 133 Å². The second-order valence-corrected chi connectivity index (χ2v) is 7.32. The summed E-state index contributed by atoms with van der Waals surface area (Å²) in [7, 11) is -0.320. The van der Waals surface area contributed by atoms with Crippen molar-refractivity contribution in [2.75, 3.05) is 13.2 Å². The maximum absolute atomic E-state index is 6.19. The third-order valence-corrected chi connectivity index (χ3v) is 5.16. The first-order valence-electron chi connectivity index (χ1n) is 8.26. The zero-order chi connectivity index (χ0) is 16.0. The molecule has 1 atom stereocenters. The van der Waals surface area contributed by atoms with Gasteiger partial charge in [-0.2, -0.15) is 0 Å². The van der Waals surface area contributed by atoms with E-state index in [1.54, 1.807) is 0 Å². The Balaban J connectivity index is 1.92. The van der Waals surface area contributed by atoms with Crippen molar-refractivity contribution >= 4 is 12.6 Å². The van der Waals surface area contributed by atoms with E-state index in [0.29, 0.717) is 5.92 Å². The van der Waals surface area contributed by atoms with Gasteiger partial charge in [0, 0.05) is 23.9 Å². The number of aromatic nitrogens is 1. The zero-order valence-electron chi connectivity index (χ0n) is 14.3. The van der Waals surface area contributed by atoms with Crippen LogP contribution in [0.2, 0.25) is 0 Å². The fraction of sp³-hybridized carbons (Fsp3) is 0.706. The first-order chi connectivity index (χ1) is 10.3. The summed E-state index contributed by atoms with van der Waals surface area (Å²) >= 11 is 0. The molecule has 2 fully saturated rings. The van der Waals surface area contributed by atoms with Crippen LogP contribution >= 0.6 is 0 Å². The van der Waals surface area contributed by atoms with Gasteiger partial charge in [-0.3, -0.25) is 4.98 Å². The number of rotatable bonds is 3. The highest BCUT2D eigenvalue weighted by molar-refractivity contribution is 6.62. The lowest BCUT2D eigenvalue weighted by molar-refractivity contribution is 0.00578. The Morgan fingerprint density at radius 3 is 2.41 bits per heavy atom. The maximum Gasteiger partial charge on any atom is 0.494 e. The molecule has 1 unspecified atom stereocenters. The Bertz CT molecular complexity index is 537. The number of nitrogens with zero attached hydrogens (tertiary/aromatic N) is 1. The van der Waals surface area contributed by atoms with Gasteiger partial charge in [0.1, 0.15) is 0 Å². The third kappa shape index (κ3) is 2.82. The largest absolute Gasteiger partial charge is 0.494 e. The van der Waals surface area contributed by atoms with E-state index in [-0.39, 0.29) is 18.3 Å². The molecule has 22 heavy (non-hydrogen) atoms. The molecule has 0 aromatic carbocycles. The van der Waals surface area contributed by atoms with Crippen molar-refractivity contribution in [1.29, 1.82) is 0 Å². The molecular weight excluding hydrogens is 277 g/mol. The van der Waals surface area contributed by atoms with Crippen LogP contribution in [0, 0.1) is 0 Å². The first kappa shape index (κ1) is 16.0. The molecule has 0 radical (unpaired) electrons. The summed E-state index contributed by atoms with van der Waals surface area (Å²) in [4.78, 5) is 4.79. The van der Waals surface area contributed by atoms with Crippen molar-refractivity contribution in [3.63, 3.8) is 0 Å². The summed E-state index contributed by atoms with van der Waals surface area (Å²) in [5.74, 6) is 0.396. The van der Waals surface area contributed by atoms with Gasteiger partial charge in [0.15, 0.2) is 0 Å². The molecule has 1 aromatic rings. The van der Waals surface area contributed by atoms with Crippen LogP contribution in [0.3, 0.4) is 0 Å². The van der Waals surface area contributed by atoms with E-state index in [1.165, 1.54) is 0 Å². The number of aryl methyl sites for hydroxylation is 1. The fourth-order valence-electron chi connectivity index (χ4n) is 2.91. The van der Waals surface area contributed by atoms with Gasteiger partial charge >= 0.3 is 7.12 Å². The Morgan fingerprint density at radius 1 is 1.18 bits per heavy atom. The molecule has 2 saturated heterocycles. The molecule has 0 aliphatic carbocycles. The predicted octanol–water partition coefficient (Wildman–Crippen LogP) is 2.45. The Morgan fingerprint density at radius 2 is 1.86 bits per heavy atom. The lowest BCUT2D eigenvalue weighted by Crippen LogP contribution is -2.41. The zero-order valence-corrected chi connectivity index (χ0v) is 14.3. The van der Waals surface area contributed by atoms with Crippen molar-refractivity contribution < 1.29 is 14.0 Å². The monoisotopic (exact) mass is 303 g/mol. The smallest absolute Gasteiger partial charge is 0.399 e. The van der Waals surface area contributed by atoms with Crippen LogP contribution in [0.25, 0.3) is 0 Å². The van der Waals surface area contributed by atoms with Crippen molar-refractivity contribution in [2.45, 2.75) is 64.6 Å². The van der Waals surface area contributed by atoms with Gasteiger partial charge in [0.2, 0.25) is 0 Å². The van der Waals surface area contributed by atoms with E-state index < -0.39 is 0 Å². The average Bonchev–Trinajstić information content (AvgIpc) is 3.05. The molecule has 0 spiro atoms. The fourth-order valence-corrected chi connectivity index (χ4v) is 2.91. The van der Waals surface area contributed by atoms with Gasteiger partial charge in [0.05, 0.1) is 17.8 Å². The minimum atomic E-state index is -0.320. The molecule has 3 heterocycles. The molecular formula is C17H26BNO3. The van der Waals surface area contributed by atoms with E-state index in [1.807, 2.05) is 0 Å². The number of hydrogen-bond acceptors (Lipinski definition) is 4. The maximum atomic E-state index is 6.19. The Kier molecular flexibility index (Phi) is 4.08. The molecule has 4 nitrogen and oxygen atoms in total. The van der Waals surface area contributed by atoms with Crippen LogP contribution in [0.5, 0.6) is 0 Å². The summed E-state index contributed by atoms with van der Waals surface area (Å²) in [6.45, 7) is 12.1. The van der Waals surface area contributed by atoms with Gasteiger partial charge in [-0.15, -0.1) is 0 Å². The van der Waals surface area contributed by atoms with Gasteiger partial charge < -0.3 is 14.0 Å². The normalized spacial score (nSPS) is 26.6. The highest BCUT2D eigenvalue weighted by atomic mass is 16.7. The third-order valence-electron chi connectivity index (χ3n) is 5.16. The van der Waals surface area contributed by atoms with Crippen LogP contribution in [0.15, 0.2) is 12.1 Å². The quantitative estimate of drug-likeness (QED) is 0.804. The number of hydrogen-bond donors (Lipinski definition) is 0. The second-order valence-electron chi connectivity index (χ2n) is 7.32. The molecule has 1 aromatic heterocycles. The molecule has 2 aliphatic heterocycles. The number of pyridine rings is 1. The molecule has 5 heteroatoms. The van der Waals surface area contributed by atoms with E-state index in [4.69, 9.17) is 19.0 Å². The van der Waals surface area contributed by atoms with Crippen LogP contribution in [0.1, 0.15) is 58.3 Å². The summed E-state index contributed by atoms with van der Waals surface area (Å²) < 4.78 is 17.9. The van der Waals surface area contributed by atoms with E-state index in [2.05, 4.69) is 46.8 Å². The lowest BCUT2D eigenvalue weighted by Gasteiger charge is -2.32. The molecule has 0 bridgehead atoms. The SMILES string of the molecule is CCc1cc(B2OC(C)(C)C(C)(C)O2)cc(C2CCOC2)n1. The summed E-state index contributed by atoms with van der Waals surface area (Å²) in [5, 5.41) is 0. The molecule has 120 valence electrons. The van der Waals surface area contributed by atoms with Gasteiger partial charge in [-0.25, -0.2) is 0 Å². The standard InChI is InChI=1S/C17H26BNO3/c1-6-14-9-13(10-15(19-14)12-7-8-20-11-12)18-21-16(2,3)17(4,5)22-18/h9-10,12H,6-8,11H2,1-5H3. The summed E-state index contributed by atoms with van der Waals surface area (Å²) in [6, 6.07) is 4.25. The van der Waals surface area contributed by atoms with Gasteiger partial charge in [-0.1, -0.05) is 6.92 Å². The van der Waals surface area contributed by atoms with Crippen LogP contribution in [-0.4, -0.2) is 36.5 Å². The van der Waals surface area contributed by atoms with Crippen LogP contribution in [-0.2, 0) is 20.5 Å². The lowest BCUT2D eigenvalue weighted by atomic mass is 9.78. The van der Waals surface area contributed by atoms with E-state index in [9.17, 15) is 0 Å². The van der Waals surface area contributed by atoms with Crippen LogP contribution in [0.4, 0.5) is 0 Å². The highest BCUT2D eigenvalue weighted by Crippen LogP contribution is 2.36. The average molecular weight is 303 g/mol. The van der Waals surface area contributed by atoms with Crippen molar-refractivity contribution in [2.24, 2.45) is 0 Å². The molecule has 3 rings (SSSR count). The minimum Gasteiger partial charge on any atom is -0.399 e. The van der Waals surface area contributed by atoms with E-state index >= 15 is 0 Å². The molecule has 0 N–H and O–H groups in total. The second kappa shape index (κ2) is 5.62. The molecule has 2 aliphatic rings. The summed E-state index contributed by atoms with van der Waals surface area (Å²) in [5.41, 5.74) is 2.65. The molecule has 0 amide bonds. The topological polar surface area (TPSA) is 40.6 Å². The predicted molar refractivity (Wildman–Crippen MR) is 87.5 cm³/mol. The van der Waals surface area contributed by atoms with Crippen molar-refractivity contribution in [3.8, 4) is 0 Å². The summed E-state index contributed by atoms with van der Waals surface area (Å²) in [6.07, 6.45) is 1.96.